The predicted molar refractivity (Wildman–Crippen MR) is 98.5 cm³/mol. The van der Waals surface area contributed by atoms with Gasteiger partial charge in [0.2, 0.25) is 0 Å². The topological polar surface area (TPSA) is 71.7 Å². The lowest BCUT2D eigenvalue weighted by molar-refractivity contribution is 0.340. The van der Waals surface area contributed by atoms with E-state index in [9.17, 15) is 9.90 Å². The SMILES string of the molecule is CCOc1ccc(NCc2cc(=O)oc3cc(O)c(CC)cc23)cc1. The van der Waals surface area contributed by atoms with Crippen LogP contribution in [0, 0.1) is 0 Å². The fraction of sp³-hybridized carbons (Fsp3) is 0.250. The molecule has 0 bridgehead atoms. The summed E-state index contributed by atoms with van der Waals surface area (Å²) in [5.41, 5.74) is 2.54. The first kappa shape index (κ1) is 16.9. The number of hydrogen-bond acceptors (Lipinski definition) is 5. The summed E-state index contributed by atoms with van der Waals surface area (Å²) in [5, 5.41) is 14.1. The van der Waals surface area contributed by atoms with E-state index in [-0.39, 0.29) is 5.75 Å². The molecule has 130 valence electrons. The molecular formula is C20H21NO4. The monoisotopic (exact) mass is 339 g/mol. The van der Waals surface area contributed by atoms with E-state index in [1.165, 1.54) is 12.1 Å². The molecule has 2 aromatic carbocycles. The Morgan fingerprint density at radius 1 is 1.08 bits per heavy atom. The molecule has 0 saturated heterocycles. The summed E-state index contributed by atoms with van der Waals surface area (Å²) in [6, 6.07) is 12.5. The van der Waals surface area contributed by atoms with Crippen LogP contribution in [0.25, 0.3) is 11.0 Å². The second-order valence-corrected chi connectivity index (χ2v) is 5.73. The Kier molecular flexibility index (Phi) is 4.93. The van der Waals surface area contributed by atoms with Crippen molar-refractivity contribution in [2.24, 2.45) is 0 Å². The zero-order valence-electron chi connectivity index (χ0n) is 14.3. The van der Waals surface area contributed by atoms with Crippen molar-refractivity contribution in [3.63, 3.8) is 0 Å². The lowest BCUT2D eigenvalue weighted by Gasteiger charge is -2.11. The molecule has 0 radical (unpaired) electrons. The first-order valence-corrected chi connectivity index (χ1v) is 8.36. The van der Waals surface area contributed by atoms with Gasteiger partial charge in [-0.25, -0.2) is 4.79 Å². The smallest absolute Gasteiger partial charge is 0.336 e. The number of aromatic hydroxyl groups is 1. The zero-order chi connectivity index (χ0) is 17.8. The van der Waals surface area contributed by atoms with E-state index in [1.807, 2.05) is 44.2 Å². The van der Waals surface area contributed by atoms with E-state index in [1.54, 1.807) is 0 Å². The highest BCUT2D eigenvalue weighted by atomic mass is 16.5. The van der Waals surface area contributed by atoms with E-state index in [0.29, 0.717) is 25.2 Å². The highest BCUT2D eigenvalue weighted by Crippen LogP contribution is 2.27. The Morgan fingerprint density at radius 2 is 1.84 bits per heavy atom. The van der Waals surface area contributed by atoms with Crippen LogP contribution in [0.5, 0.6) is 11.5 Å². The Labute approximate surface area is 145 Å². The van der Waals surface area contributed by atoms with Crippen LogP contribution in [-0.4, -0.2) is 11.7 Å². The zero-order valence-corrected chi connectivity index (χ0v) is 14.3. The van der Waals surface area contributed by atoms with Crippen LogP contribution in [0.15, 0.2) is 51.7 Å². The lowest BCUT2D eigenvalue weighted by Crippen LogP contribution is -2.06. The molecule has 3 rings (SSSR count). The largest absolute Gasteiger partial charge is 0.508 e. The van der Waals surface area contributed by atoms with Crippen molar-refractivity contribution < 1.29 is 14.3 Å². The van der Waals surface area contributed by atoms with Gasteiger partial charge in [-0.3, -0.25) is 0 Å². The molecule has 0 saturated carbocycles. The molecule has 0 fully saturated rings. The second-order valence-electron chi connectivity index (χ2n) is 5.73. The molecule has 0 aliphatic rings. The third-order valence-electron chi connectivity index (χ3n) is 4.06. The molecule has 25 heavy (non-hydrogen) atoms. The molecule has 0 unspecified atom stereocenters. The van der Waals surface area contributed by atoms with Crippen LogP contribution >= 0.6 is 0 Å². The number of benzene rings is 2. The number of phenols is 1. The first-order valence-electron chi connectivity index (χ1n) is 8.36. The molecular weight excluding hydrogens is 318 g/mol. The number of anilines is 1. The lowest BCUT2D eigenvalue weighted by atomic mass is 10.0. The van der Waals surface area contributed by atoms with Crippen molar-refractivity contribution in [2.75, 3.05) is 11.9 Å². The van der Waals surface area contributed by atoms with Gasteiger partial charge in [0.25, 0.3) is 0 Å². The van der Waals surface area contributed by atoms with Crippen molar-refractivity contribution >= 4 is 16.7 Å². The summed E-state index contributed by atoms with van der Waals surface area (Å²) in [5.74, 6) is 0.969. The summed E-state index contributed by atoms with van der Waals surface area (Å²) < 4.78 is 10.6. The minimum atomic E-state index is -0.431. The number of phenolic OH excluding ortho intramolecular Hbond substituents is 1. The summed E-state index contributed by atoms with van der Waals surface area (Å²) in [6.07, 6.45) is 0.701. The molecule has 2 N–H and O–H groups in total. The number of hydrogen-bond donors (Lipinski definition) is 2. The average Bonchev–Trinajstić information content (AvgIpc) is 2.60. The van der Waals surface area contributed by atoms with Crippen molar-refractivity contribution in [1.29, 1.82) is 0 Å². The molecule has 5 nitrogen and oxygen atoms in total. The van der Waals surface area contributed by atoms with Gasteiger partial charge in [-0.15, -0.1) is 0 Å². The van der Waals surface area contributed by atoms with Crippen LogP contribution in [-0.2, 0) is 13.0 Å². The van der Waals surface area contributed by atoms with Gasteiger partial charge in [0.15, 0.2) is 0 Å². The molecule has 5 heteroatoms. The molecule has 3 aromatic rings. The maximum atomic E-state index is 11.8. The van der Waals surface area contributed by atoms with Gasteiger partial charge in [0.1, 0.15) is 17.1 Å². The third-order valence-corrected chi connectivity index (χ3v) is 4.06. The summed E-state index contributed by atoms with van der Waals surface area (Å²) in [4.78, 5) is 11.8. The summed E-state index contributed by atoms with van der Waals surface area (Å²) in [6.45, 7) is 5.02. The molecule has 0 aliphatic carbocycles. The maximum Gasteiger partial charge on any atom is 0.336 e. The van der Waals surface area contributed by atoms with Gasteiger partial charge in [-0.1, -0.05) is 6.92 Å². The van der Waals surface area contributed by atoms with E-state index in [2.05, 4.69) is 5.32 Å². The fourth-order valence-electron chi connectivity index (χ4n) is 2.77. The standard InChI is InChI=1S/C20H21NO4/c1-3-13-9-17-14(10-20(23)25-19(17)11-18(13)22)12-21-15-5-7-16(8-6-15)24-4-2/h5-11,21-22H,3-4,12H2,1-2H3. The van der Waals surface area contributed by atoms with Crippen LogP contribution in [0.4, 0.5) is 5.69 Å². The summed E-state index contributed by atoms with van der Waals surface area (Å²) >= 11 is 0. The van der Waals surface area contributed by atoms with E-state index in [0.717, 1.165) is 28.0 Å². The quantitative estimate of drug-likeness (QED) is 0.662. The molecule has 0 aliphatic heterocycles. The van der Waals surface area contributed by atoms with Gasteiger partial charge in [0, 0.05) is 29.8 Å². The van der Waals surface area contributed by atoms with Crippen LogP contribution in [0.3, 0.4) is 0 Å². The number of ether oxygens (including phenoxy) is 1. The molecule has 0 atom stereocenters. The first-order chi connectivity index (χ1) is 12.1. The Bertz CT molecular complexity index is 929. The van der Waals surface area contributed by atoms with Gasteiger partial charge in [0.05, 0.1) is 6.61 Å². The van der Waals surface area contributed by atoms with Crippen LogP contribution in [0.1, 0.15) is 25.0 Å². The minimum absolute atomic E-state index is 0.148. The van der Waals surface area contributed by atoms with Gasteiger partial charge in [-0.05, 0) is 54.8 Å². The van der Waals surface area contributed by atoms with Gasteiger partial charge in [-0.2, -0.15) is 0 Å². The van der Waals surface area contributed by atoms with Gasteiger partial charge >= 0.3 is 5.63 Å². The summed E-state index contributed by atoms with van der Waals surface area (Å²) in [7, 11) is 0. The molecule has 0 amide bonds. The van der Waals surface area contributed by atoms with E-state index >= 15 is 0 Å². The Balaban J connectivity index is 1.88. The van der Waals surface area contributed by atoms with Crippen molar-refractivity contribution in [3.8, 4) is 11.5 Å². The normalized spacial score (nSPS) is 10.8. The fourth-order valence-corrected chi connectivity index (χ4v) is 2.77. The minimum Gasteiger partial charge on any atom is -0.508 e. The third kappa shape index (κ3) is 3.76. The number of rotatable bonds is 6. The molecule has 1 aromatic heterocycles. The predicted octanol–water partition coefficient (Wildman–Crippen LogP) is 4.07. The van der Waals surface area contributed by atoms with Crippen LogP contribution in [0.2, 0.25) is 0 Å². The Hall–Kier alpha value is -2.95. The van der Waals surface area contributed by atoms with Crippen LogP contribution < -0.4 is 15.7 Å². The molecule has 1 heterocycles. The number of fused-ring (bicyclic) bond motifs is 1. The molecule has 0 spiro atoms. The van der Waals surface area contributed by atoms with Gasteiger partial charge < -0.3 is 19.6 Å². The van der Waals surface area contributed by atoms with Crippen molar-refractivity contribution in [2.45, 2.75) is 26.8 Å². The van der Waals surface area contributed by atoms with Crippen molar-refractivity contribution in [3.05, 3.63) is 64.0 Å². The van der Waals surface area contributed by atoms with E-state index < -0.39 is 5.63 Å². The second kappa shape index (κ2) is 7.30. The van der Waals surface area contributed by atoms with E-state index in [4.69, 9.17) is 9.15 Å². The van der Waals surface area contributed by atoms with Crippen molar-refractivity contribution in [1.82, 2.24) is 0 Å². The highest BCUT2D eigenvalue weighted by Gasteiger charge is 2.10. The average molecular weight is 339 g/mol. The number of nitrogens with one attached hydrogen (secondary N) is 1. The maximum absolute atomic E-state index is 11.8. The highest BCUT2D eigenvalue weighted by molar-refractivity contribution is 5.83. The Morgan fingerprint density at radius 3 is 2.52 bits per heavy atom. The number of aryl methyl sites for hydroxylation is 1.